The van der Waals surface area contributed by atoms with Crippen LogP contribution >= 0.6 is 22.6 Å². The summed E-state index contributed by atoms with van der Waals surface area (Å²) in [7, 11) is 1.70. The van der Waals surface area contributed by atoms with Gasteiger partial charge in [0.25, 0.3) is 0 Å². The fraction of sp³-hybridized carbons (Fsp3) is 0.600. The van der Waals surface area contributed by atoms with E-state index in [-0.39, 0.29) is 5.60 Å². The van der Waals surface area contributed by atoms with Gasteiger partial charge in [-0.25, -0.2) is 0 Å². The Morgan fingerprint density at radius 1 is 1.22 bits per heavy atom. The van der Waals surface area contributed by atoms with Crippen molar-refractivity contribution >= 4 is 22.6 Å². The second-order valence-electron chi connectivity index (χ2n) is 5.02. The van der Waals surface area contributed by atoms with Crippen LogP contribution in [0.3, 0.4) is 0 Å². The quantitative estimate of drug-likeness (QED) is 0.574. The molecule has 2 nitrogen and oxygen atoms in total. The lowest BCUT2D eigenvalue weighted by atomic mass is 9.86. The maximum absolute atomic E-state index is 6.24. The molecule has 3 heteroatoms. The van der Waals surface area contributed by atoms with Crippen LogP contribution in [-0.2, 0) is 11.3 Å². The first-order valence-electron chi connectivity index (χ1n) is 6.61. The summed E-state index contributed by atoms with van der Waals surface area (Å²) in [4.78, 5) is 0. The van der Waals surface area contributed by atoms with E-state index in [1.807, 2.05) is 12.1 Å². The second-order valence-corrected chi connectivity index (χ2v) is 5.78. The summed E-state index contributed by atoms with van der Waals surface area (Å²) in [5.74, 6) is 0.906. The zero-order valence-corrected chi connectivity index (χ0v) is 13.1. The number of methoxy groups -OCH3 is 1. The van der Waals surface area contributed by atoms with Gasteiger partial charge < -0.3 is 9.47 Å². The van der Waals surface area contributed by atoms with Crippen LogP contribution in [0.1, 0.15) is 37.7 Å². The summed E-state index contributed by atoms with van der Waals surface area (Å²) >= 11 is 2.47. The van der Waals surface area contributed by atoms with Crippen molar-refractivity contribution in [3.8, 4) is 5.75 Å². The lowest BCUT2D eigenvalue weighted by Crippen LogP contribution is -2.36. The molecule has 2 rings (SSSR count). The van der Waals surface area contributed by atoms with Gasteiger partial charge in [-0.3, -0.25) is 0 Å². The Morgan fingerprint density at radius 3 is 2.67 bits per heavy atom. The minimum atomic E-state index is 0.113. The average molecular weight is 360 g/mol. The van der Waals surface area contributed by atoms with Gasteiger partial charge in [-0.1, -0.05) is 54.0 Å². The van der Waals surface area contributed by atoms with Crippen molar-refractivity contribution in [3.05, 3.63) is 29.8 Å². The highest BCUT2D eigenvalue weighted by Crippen LogP contribution is 2.34. The van der Waals surface area contributed by atoms with Crippen molar-refractivity contribution in [1.82, 2.24) is 0 Å². The molecule has 1 aliphatic rings. The minimum absolute atomic E-state index is 0.113. The predicted molar refractivity (Wildman–Crippen MR) is 82.5 cm³/mol. The van der Waals surface area contributed by atoms with Crippen LogP contribution in [0.2, 0.25) is 0 Å². The Bertz CT molecular complexity index is 373. The van der Waals surface area contributed by atoms with E-state index in [0.29, 0.717) is 6.61 Å². The fourth-order valence-electron chi connectivity index (χ4n) is 2.51. The predicted octanol–water partition coefficient (Wildman–Crippen LogP) is 4.35. The molecule has 1 fully saturated rings. The van der Waals surface area contributed by atoms with Crippen molar-refractivity contribution in [2.45, 2.75) is 44.3 Å². The average Bonchev–Trinajstić information content (AvgIpc) is 2.46. The van der Waals surface area contributed by atoms with Gasteiger partial charge in [0.05, 0.1) is 19.3 Å². The molecule has 0 atom stereocenters. The maximum atomic E-state index is 6.24. The van der Waals surface area contributed by atoms with Crippen molar-refractivity contribution in [1.29, 1.82) is 0 Å². The monoisotopic (exact) mass is 360 g/mol. The molecule has 0 bridgehead atoms. The molecule has 0 radical (unpaired) electrons. The summed E-state index contributed by atoms with van der Waals surface area (Å²) in [5, 5.41) is 0. The zero-order valence-electron chi connectivity index (χ0n) is 11.0. The normalized spacial score (nSPS) is 18.6. The second kappa shape index (κ2) is 6.75. The van der Waals surface area contributed by atoms with Crippen LogP contribution in [0.4, 0.5) is 0 Å². The van der Waals surface area contributed by atoms with Gasteiger partial charge in [0.2, 0.25) is 0 Å². The molecule has 0 aliphatic heterocycles. The van der Waals surface area contributed by atoms with Crippen molar-refractivity contribution < 1.29 is 9.47 Å². The highest BCUT2D eigenvalue weighted by atomic mass is 127. The van der Waals surface area contributed by atoms with Crippen molar-refractivity contribution in [2.75, 3.05) is 11.5 Å². The summed E-state index contributed by atoms with van der Waals surface area (Å²) < 4.78 is 12.6. The van der Waals surface area contributed by atoms with Crippen LogP contribution in [0.5, 0.6) is 5.75 Å². The van der Waals surface area contributed by atoms with E-state index in [2.05, 4.69) is 34.7 Å². The minimum Gasteiger partial charge on any atom is -0.497 e. The summed E-state index contributed by atoms with van der Waals surface area (Å²) in [5.41, 5.74) is 1.31. The molecule has 0 saturated heterocycles. The van der Waals surface area contributed by atoms with Crippen molar-refractivity contribution in [2.24, 2.45) is 0 Å². The maximum Gasteiger partial charge on any atom is 0.119 e. The third-order valence-corrected chi connectivity index (χ3v) is 5.08. The lowest BCUT2D eigenvalue weighted by molar-refractivity contribution is -0.0607. The Kier molecular flexibility index (Phi) is 5.30. The number of alkyl halides is 1. The fourth-order valence-corrected chi connectivity index (χ4v) is 3.49. The van der Waals surface area contributed by atoms with Crippen LogP contribution in [0.15, 0.2) is 24.3 Å². The molecule has 1 aromatic carbocycles. The molecule has 1 saturated carbocycles. The molecule has 1 aliphatic carbocycles. The van der Waals surface area contributed by atoms with Gasteiger partial charge in [0.15, 0.2) is 0 Å². The molecule has 0 unspecified atom stereocenters. The van der Waals surface area contributed by atoms with Crippen LogP contribution in [0, 0.1) is 0 Å². The summed E-state index contributed by atoms with van der Waals surface area (Å²) in [6.07, 6.45) is 6.39. The Morgan fingerprint density at radius 2 is 2.00 bits per heavy atom. The highest BCUT2D eigenvalue weighted by molar-refractivity contribution is 14.1. The topological polar surface area (TPSA) is 18.5 Å². The number of hydrogen-bond acceptors (Lipinski definition) is 2. The third kappa shape index (κ3) is 3.60. The standard InChI is InChI=1S/C15H21IO2/c1-17-14-7-5-6-13(10-14)11-18-15(12-16)8-3-2-4-9-15/h5-7,10H,2-4,8-9,11-12H2,1H3. The molecule has 100 valence electrons. The number of benzene rings is 1. The lowest BCUT2D eigenvalue weighted by Gasteiger charge is -2.35. The van der Waals surface area contributed by atoms with Gasteiger partial charge in [-0.05, 0) is 30.5 Å². The van der Waals surface area contributed by atoms with Gasteiger partial charge in [0, 0.05) is 4.43 Å². The SMILES string of the molecule is COc1cccc(COC2(CI)CCCCC2)c1. The summed E-state index contributed by atoms with van der Waals surface area (Å²) in [6.45, 7) is 0.695. The zero-order chi connectivity index (χ0) is 12.8. The molecule has 0 spiro atoms. The van der Waals surface area contributed by atoms with Crippen molar-refractivity contribution in [3.63, 3.8) is 0 Å². The molecule has 1 aromatic rings. The first kappa shape index (κ1) is 14.1. The molecule has 18 heavy (non-hydrogen) atoms. The number of rotatable bonds is 5. The third-order valence-electron chi connectivity index (χ3n) is 3.69. The number of ether oxygens (including phenoxy) is 2. The smallest absolute Gasteiger partial charge is 0.119 e. The first-order valence-corrected chi connectivity index (χ1v) is 8.13. The van der Waals surface area contributed by atoms with Gasteiger partial charge in [0.1, 0.15) is 5.75 Å². The summed E-state index contributed by atoms with van der Waals surface area (Å²) in [6, 6.07) is 8.16. The van der Waals surface area contributed by atoms with E-state index in [0.717, 1.165) is 10.2 Å². The molecule has 0 amide bonds. The molecule has 0 N–H and O–H groups in total. The number of hydrogen-bond donors (Lipinski definition) is 0. The van der Waals surface area contributed by atoms with Gasteiger partial charge in [-0.2, -0.15) is 0 Å². The highest BCUT2D eigenvalue weighted by Gasteiger charge is 2.31. The molecular weight excluding hydrogens is 339 g/mol. The Balaban J connectivity index is 1.96. The Hall–Kier alpha value is -0.290. The molecule has 0 aromatic heterocycles. The van der Waals surface area contributed by atoms with Gasteiger partial charge >= 0.3 is 0 Å². The van der Waals surface area contributed by atoms with Crippen LogP contribution in [-0.4, -0.2) is 17.1 Å². The van der Waals surface area contributed by atoms with Crippen LogP contribution < -0.4 is 4.74 Å². The van der Waals surface area contributed by atoms with Crippen LogP contribution in [0.25, 0.3) is 0 Å². The van der Waals surface area contributed by atoms with E-state index in [1.54, 1.807) is 7.11 Å². The van der Waals surface area contributed by atoms with E-state index in [4.69, 9.17) is 9.47 Å². The van der Waals surface area contributed by atoms with E-state index >= 15 is 0 Å². The first-order chi connectivity index (χ1) is 8.78. The Labute approximate surface area is 123 Å². The van der Waals surface area contributed by atoms with Gasteiger partial charge in [-0.15, -0.1) is 0 Å². The molecule has 0 heterocycles. The largest absolute Gasteiger partial charge is 0.497 e. The number of halogens is 1. The molecular formula is C15H21IO2. The van der Waals surface area contributed by atoms with E-state index in [1.165, 1.54) is 37.7 Å². The van der Waals surface area contributed by atoms with E-state index < -0.39 is 0 Å². The van der Waals surface area contributed by atoms with E-state index in [9.17, 15) is 0 Å².